The number of halogens is 3. The van der Waals surface area contributed by atoms with Crippen molar-refractivity contribution in [1.82, 2.24) is 15.6 Å². The molecule has 0 bridgehead atoms. The Morgan fingerprint density at radius 2 is 2.08 bits per heavy atom. The van der Waals surface area contributed by atoms with Crippen LogP contribution in [0.3, 0.4) is 0 Å². The monoisotopic (exact) mass is 496 g/mol. The summed E-state index contributed by atoms with van der Waals surface area (Å²) in [6.07, 6.45) is 1.86. The van der Waals surface area contributed by atoms with E-state index in [0.717, 1.165) is 10.6 Å². The van der Waals surface area contributed by atoms with Gasteiger partial charge in [0.1, 0.15) is 10.8 Å². The van der Waals surface area contributed by atoms with Crippen LogP contribution in [0.15, 0.2) is 29.4 Å². The van der Waals surface area contributed by atoms with Crippen molar-refractivity contribution >= 4 is 52.9 Å². The number of aromatic nitrogens is 1. The Labute approximate surface area is 174 Å². The molecule has 1 heterocycles. The summed E-state index contributed by atoms with van der Waals surface area (Å²) in [5.41, 5.74) is 0.615. The molecule has 0 saturated heterocycles. The molecule has 0 unspecified atom stereocenters. The maximum atomic E-state index is 13.2. The van der Waals surface area contributed by atoms with Crippen molar-refractivity contribution in [3.8, 4) is 0 Å². The average Bonchev–Trinajstić information content (AvgIpc) is 2.92. The Bertz CT molecular complexity index is 733. The van der Waals surface area contributed by atoms with Gasteiger partial charge in [-0.3, -0.25) is 4.99 Å². The normalized spacial score (nSPS) is 11.8. The number of guanidine groups is 1. The van der Waals surface area contributed by atoms with E-state index in [-0.39, 0.29) is 35.2 Å². The van der Waals surface area contributed by atoms with Crippen molar-refractivity contribution in [2.75, 3.05) is 13.6 Å². The van der Waals surface area contributed by atoms with Crippen LogP contribution in [0.1, 0.15) is 29.3 Å². The van der Waals surface area contributed by atoms with Gasteiger partial charge in [0.15, 0.2) is 5.96 Å². The Morgan fingerprint density at radius 3 is 2.64 bits per heavy atom. The first kappa shape index (κ1) is 22.1. The van der Waals surface area contributed by atoms with Gasteiger partial charge in [0.25, 0.3) is 0 Å². The van der Waals surface area contributed by atoms with E-state index in [0.29, 0.717) is 24.1 Å². The Balaban J connectivity index is 0.00000312. The zero-order valence-electron chi connectivity index (χ0n) is 14.7. The molecule has 25 heavy (non-hydrogen) atoms. The molecule has 1 aromatic heterocycles. The highest BCUT2D eigenvalue weighted by molar-refractivity contribution is 14.0. The zero-order valence-corrected chi connectivity index (χ0v) is 18.6. The standard InChI is InChI=1S/C17H22ClFN4S.HI/c1-11-8-21-15(24-11)9-22-16(20-4)23-10-17(2,3)13-6-5-12(19)7-14(13)18;/h5-8H,9-10H2,1-4H3,(H2,20,22,23);1H. The van der Waals surface area contributed by atoms with E-state index in [1.54, 1.807) is 24.5 Å². The quantitative estimate of drug-likeness (QED) is 0.364. The molecule has 2 N–H and O–H groups in total. The number of benzene rings is 1. The highest BCUT2D eigenvalue weighted by Gasteiger charge is 2.24. The summed E-state index contributed by atoms with van der Waals surface area (Å²) in [4.78, 5) is 9.72. The highest BCUT2D eigenvalue weighted by atomic mass is 127. The SMILES string of the molecule is CN=C(NCc1ncc(C)s1)NCC(C)(C)c1ccc(F)cc1Cl.I. The van der Waals surface area contributed by atoms with Crippen molar-refractivity contribution in [1.29, 1.82) is 0 Å². The first-order valence-corrected chi connectivity index (χ1v) is 8.82. The van der Waals surface area contributed by atoms with Crippen molar-refractivity contribution in [2.45, 2.75) is 32.7 Å². The van der Waals surface area contributed by atoms with Crippen LogP contribution in [-0.4, -0.2) is 24.5 Å². The van der Waals surface area contributed by atoms with Crippen molar-refractivity contribution in [3.63, 3.8) is 0 Å². The van der Waals surface area contributed by atoms with Crippen LogP contribution in [0.5, 0.6) is 0 Å². The van der Waals surface area contributed by atoms with E-state index >= 15 is 0 Å². The van der Waals surface area contributed by atoms with Crippen molar-refractivity contribution in [3.05, 3.63) is 50.7 Å². The first-order valence-electron chi connectivity index (χ1n) is 7.63. The van der Waals surface area contributed by atoms with Crippen molar-refractivity contribution < 1.29 is 4.39 Å². The van der Waals surface area contributed by atoms with E-state index in [2.05, 4.69) is 34.5 Å². The zero-order chi connectivity index (χ0) is 17.7. The summed E-state index contributed by atoms with van der Waals surface area (Å²) in [5, 5.41) is 7.97. The second-order valence-corrected chi connectivity index (χ2v) is 7.88. The molecule has 2 aromatic rings. The predicted molar refractivity (Wildman–Crippen MR) is 115 cm³/mol. The molecule has 0 atom stereocenters. The molecule has 1 aromatic carbocycles. The lowest BCUT2D eigenvalue weighted by molar-refractivity contribution is 0.507. The fraction of sp³-hybridized carbons (Fsp3) is 0.412. The summed E-state index contributed by atoms with van der Waals surface area (Å²) in [5.74, 6) is 0.359. The van der Waals surface area contributed by atoms with Gasteiger partial charge >= 0.3 is 0 Å². The molecule has 0 radical (unpaired) electrons. The van der Waals surface area contributed by atoms with E-state index in [4.69, 9.17) is 11.6 Å². The van der Waals surface area contributed by atoms with Crippen LogP contribution < -0.4 is 10.6 Å². The Morgan fingerprint density at radius 1 is 1.36 bits per heavy atom. The van der Waals surface area contributed by atoms with Gasteiger partial charge in [-0.2, -0.15) is 0 Å². The molecular weight excluding hydrogens is 474 g/mol. The Hall–Kier alpha value is -0.930. The second kappa shape index (κ2) is 9.68. The highest BCUT2D eigenvalue weighted by Crippen LogP contribution is 2.29. The van der Waals surface area contributed by atoms with Gasteiger partial charge in [-0.05, 0) is 24.6 Å². The van der Waals surface area contributed by atoms with Gasteiger partial charge in [0.2, 0.25) is 0 Å². The smallest absolute Gasteiger partial charge is 0.191 e. The topological polar surface area (TPSA) is 49.3 Å². The van der Waals surface area contributed by atoms with Gasteiger partial charge in [0.05, 0.1) is 6.54 Å². The molecule has 0 aliphatic carbocycles. The summed E-state index contributed by atoms with van der Waals surface area (Å²) >= 11 is 7.84. The molecular formula is C17H23ClFIN4S. The average molecular weight is 497 g/mol. The molecule has 0 aliphatic heterocycles. The minimum atomic E-state index is -0.330. The van der Waals surface area contributed by atoms with Crippen LogP contribution >= 0.6 is 46.9 Å². The van der Waals surface area contributed by atoms with Crippen LogP contribution in [-0.2, 0) is 12.0 Å². The maximum Gasteiger partial charge on any atom is 0.191 e. The number of rotatable bonds is 5. The van der Waals surface area contributed by atoms with Gasteiger partial charge in [-0.25, -0.2) is 9.37 Å². The van der Waals surface area contributed by atoms with Crippen molar-refractivity contribution in [2.24, 2.45) is 4.99 Å². The van der Waals surface area contributed by atoms with Gasteiger partial charge < -0.3 is 10.6 Å². The molecule has 4 nitrogen and oxygen atoms in total. The Kier molecular flexibility index (Phi) is 8.56. The molecule has 0 spiro atoms. The predicted octanol–water partition coefficient (Wildman–Crippen LogP) is 4.50. The third-order valence-electron chi connectivity index (χ3n) is 3.66. The number of aryl methyl sites for hydroxylation is 1. The molecule has 0 amide bonds. The largest absolute Gasteiger partial charge is 0.356 e. The fourth-order valence-corrected chi connectivity index (χ4v) is 3.45. The summed E-state index contributed by atoms with van der Waals surface area (Å²) < 4.78 is 13.2. The van der Waals surface area contributed by atoms with Crippen LogP contribution in [0, 0.1) is 12.7 Å². The van der Waals surface area contributed by atoms with Gasteiger partial charge in [-0.15, -0.1) is 35.3 Å². The van der Waals surface area contributed by atoms with Crippen LogP contribution in [0.25, 0.3) is 0 Å². The van der Waals surface area contributed by atoms with Crippen LogP contribution in [0.4, 0.5) is 4.39 Å². The summed E-state index contributed by atoms with van der Waals surface area (Å²) in [6.45, 7) is 7.36. The number of nitrogens with zero attached hydrogens (tertiary/aromatic N) is 2. The minimum absolute atomic E-state index is 0. The van der Waals surface area contributed by atoms with Crippen LogP contribution in [0.2, 0.25) is 5.02 Å². The van der Waals surface area contributed by atoms with Gasteiger partial charge in [-0.1, -0.05) is 31.5 Å². The lowest BCUT2D eigenvalue weighted by Crippen LogP contribution is -2.43. The van der Waals surface area contributed by atoms with E-state index in [9.17, 15) is 4.39 Å². The molecule has 138 valence electrons. The van der Waals surface area contributed by atoms with E-state index < -0.39 is 0 Å². The maximum absolute atomic E-state index is 13.2. The molecule has 0 aliphatic rings. The number of thiazole rings is 1. The molecule has 0 saturated carbocycles. The lowest BCUT2D eigenvalue weighted by Gasteiger charge is -2.27. The number of aliphatic imine (C=N–C) groups is 1. The fourth-order valence-electron chi connectivity index (χ4n) is 2.30. The molecule has 2 rings (SSSR count). The summed E-state index contributed by atoms with van der Waals surface area (Å²) in [7, 11) is 1.72. The third kappa shape index (κ3) is 6.38. The second-order valence-electron chi connectivity index (χ2n) is 6.15. The first-order chi connectivity index (χ1) is 11.3. The van der Waals surface area contributed by atoms with E-state index in [1.165, 1.54) is 17.0 Å². The number of nitrogens with one attached hydrogen (secondary N) is 2. The minimum Gasteiger partial charge on any atom is -0.356 e. The lowest BCUT2D eigenvalue weighted by atomic mass is 9.84. The molecule has 0 fully saturated rings. The van der Waals surface area contributed by atoms with E-state index in [1.807, 2.05) is 13.1 Å². The summed E-state index contributed by atoms with van der Waals surface area (Å²) in [6, 6.07) is 4.51. The number of hydrogen-bond donors (Lipinski definition) is 2. The molecule has 8 heteroatoms. The third-order valence-corrected chi connectivity index (χ3v) is 4.88. The van der Waals surface area contributed by atoms with Gasteiger partial charge in [0, 0.05) is 35.1 Å². The number of hydrogen-bond acceptors (Lipinski definition) is 3.